The minimum atomic E-state index is -0.189. The molecule has 0 aliphatic carbocycles. The molecule has 0 spiro atoms. The van der Waals surface area contributed by atoms with Gasteiger partial charge in [-0.15, -0.1) is 0 Å². The third kappa shape index (κ3) is 2.77. The van der Waals surface area contributed by atoms with Crippen LogP contribution in [0.25, 0.3) is 10.9 Å². The van der Waals surface area contributed by atoms with Gasteiger partial charge < -0.3 is 5.11 Å². The molecular weight excluding hydrogens is 236 g/mol. The molecule has 0 amide bonds. The number of fused-ring (bicyclic) bond motifs is 1. The molecule has 2 atom stereocenters. The Morgan fingerprint density at radius 1 is 1.42 bits per heavy atom. The van der Waals surface area contributed by atoms with E-state index in [4.69, 9.17) is 0 Å². The van der Waals surface area contributed by atoms with E-state index in [1.807, 2.05) is 19.2 Å². The normalized spacial score (nSPS) is 21.9. The number of aliphatic hydroxyl groups is 1. The maximum Gasteiger partial charge on any atom is 0.0702 e. The maximum atomic E-state index is 9.64. The van der Waals surface area contributed by atoms with Crippen molar-refractivity contribution in [3.8, 4) is 0 Å². The molecule has 2 heterocycles. The summed E-state index contributed by atoms with van der Waals surface area (Å²) in [6, 6.07) is 10.6. The number of pyridine rings is 1. The summed E-state index contributed by atoms with van der Waals surface area (Å²) in [4.78, 5) is 6.77. The van der Waals surface area contributed by atoms with Crippen LogP contribution in [0.15, 0.2) is 36.5 Å². The fourth-order valence-electron chi connectivity index (χ4n) is 2.88. The van der Waals surface area contributed by atoms with Gasteiger partial charge in [-0.2, -0.15) is 0 Å². The van der Waals surface area contributed by atoms with Crippen LogP contribution >= 0.6 is 0 Å². The Morgan fingerprint density at radius 2 is 2.32 bits per heavy atom. The van der Waals surface area contributed by atoms with Crippen LogP contribution < -0.4 is 0 Å². The molecule has 2 unspecified atom stereocenters. The van der Waals surface area contributed by atoms with E-state index in [0.29, 0.717) is 5.92 Å². The van der Waals surface area contributed by atoms with Crippen LogP contribution in [-0.2, 0) is 6.54 Å². The first-order chi connectivity index (χ1) is 9.22. The van der Waals surface area contributed by atoms with E-state index in [1.165, 1.54) is 10.9 Å². The predicted molar refractivity (Wildman–Crippen MR) is 76.8 cm³/mol. The van der Waals surface area contributed by atoms with Crippen molar-refractivity contribution < 1.29 is 5.11 Å². The van der Waals surface area contributed by atoms with E-state index < -0.39 is 0 Å². The van der Waals surface area contributed by atoms with E-state index in [0.717, 1.165) is 31.6 Å². The summed E-state index contributed by atoms with van der Waals surface area (Å²) in [6.07, 6.45) is 2.74. The summed E-state index contributed by atoms with van der Waals surface area (Å²) < 4.78 is 0. The summed E-state index contributed by atoms with van der Waals surface area (Å²) >= 11 is 0. The number of nitrogens with zero attached hydrogens (tertiary/aromatic N) is 2. The summed E-state index contributed by atoms with van der Waals surface area (Å²) in [5.74, 6) is 0.433. The lowest BCUT2D eigenvalue weighted by molar-refractivity contribution is 0.127. The van der Waals surface area contributed by atoms with Gasteiger partial charge in [-0.25, -0.2) is 0 Å². The molecular formula is C16H20N2O. The molecule has 19 heavy (non-hydrogen) atoms. The molecule has 1 aromatic heterocycles. The summed E-state index contributed by atoms with van der Waals surface area (Å²) in [5.41, 5.74) is 2.38. The number of hydrogen-bond donors (Lipinski definition) is 1. The highest BCUT2D eigenvalue weighted by Gasteiger charge is 2.25. The number of benzene rings is 1. The molecule has 1 saturated heterocycles. The lowest BCUT2D eigenvalue weighted by Crippen LogP contribution is -2.23. The Bertz CT molecular complexity index is 567. The number of aromatic nitrogens is 1. The lowest BCUT2D eigenvalue weighted by Gasteiger charge is -2.17. The molecule has 1 N–H and O–H groups in total. The van der Waals surface area contributed by atoms with Gasteiger partial charge in [-0.05, 0) is 49.6 Å². The molecule has 0 radical (unpaired) electrons. The highest BCUT2D eigenvalue weighted by atomic mass is 16.3. The average Bonchev–Trinajstić information content (AvgIpc) is 2.87. The minimum absolute atomic E-state index is 0.189. The van der Waals surface area contributed by atoms with Crippen LogP contribution in [0.5, 0.6) is 0 Å². The van der Waals surface area contributed by atoms with Crippen molar-refractivity contribution in [1.29, 1.82) is 0 Å². The maximum absolute atomic E-state index is 9.64. The van der Waals surface area contributed by atoms with Crippen molar-refractivity contribution in [2.45, 2.75) is 26.0 Å². The number of rotatable bonds is 3. The molecule has 0 saturated carbocycles. The molecule has 3 nitrogen and oxygen atoms in total. The Kier molecular flexibility index (Phi) is 3.49. The number of aliphatic hydroxyl groups excluding tert-OH is 1. The van der Waals surface area contributed by atoms with E-state index in [9.17, 15) is 5.11 Å². The summed E-state index contributed by atoms with van der Waals surface area (Å²) in [7, 11) is 0. The second-order valence-corrected chi connectivity index (χ2v) is 5.55. The predicted octanol–water partition coefficient (Wildman–Crippen LogP) is 2.44. The monoisotopic (exact) mass is 256 g/mol. The first kappa shape index (κ1) is 12.6. The molecule has 2 aromatic rings. The van der Waals surface area contributed by atoms with Gasteiger partial charge >= 0.3 is 0 Å². The molecule has 1 aliphatic heterocycles. The van der Waals surface area contributed by atoms with Crippen molar-refractivity contribution in [2.24, 2.45) is 5.92 Å². The van der Waals surface area contributed by atoms with Crippen LogP contribution in [-0.4, -0.2) is 34.2 Å². The van der Waals surface area contributed by atoms with Gasteiger partial charge in [0.2, 0.25) is 0 Å². The van der Waals surface area contributed by atoms with Crippen molar-refractivity contribution in [2.75, 3.05) is 13.1 Å². The molecule has 1 fully saturated rings. The SMILES string of the molecule is CC(O)C1CCN(Cc2ccc3ncccc3c2)C1. The smallest absolute Gasteiger partial charge is 0.0702 e. The van der Waals surface area contributed by atoms with Gasteiger partial charge in [0.15, 0.2) is 0 Å². The molecule has 1 aromatic carbocycles. The Labute approximate surface area is 113 Å². The van der Waals surface area contributed by atoms with Crippen molar-refractivity contribution in [3.05, 3.63) is 42.1 Å². The van der Waals surface area contributed by atoms with Crippen molar-refractivity contribution in [3.63, 3.8) is 0 Å². The highest BCUT2D eigenvalue weighted by Crippen LogP contribution is 2.22. The van der Waals surface area contributed by atoms with Crippen molar-refractivity contribution >= 4 is 10.9 Å². The second-order valence-electron chi connectivity index (χ2n) is 5.55. The highest BCUT2D eigenvalue weighted by molar-refractivity contribution is 5.78. The molecule has 1 aliphatic rings. The molecule has 100 valence electrons. The standard InChI is InChI=1S/C16H20N2O/c1-12(19)15-6-8-18(11-15)10-13-4-5-16-14(9-13)3-2-7-17-16/h2-5,7,9,12,15,19H,6,8,10-11H2,1H3. The van der Waals surface area contributed by atoms with Crippen LogP contribution in [0.2, 0.25) is 0 Å². The summed E-state index contributed by atoms with van der Waals surface area (Å²) in [6.45, 7) is 4.95. The fraction of sp³-hybridized carbons (Fsp3) is 0.438. The van der Waals surface area contributed by atoms with Gasteiger partial charge in [0.05, 0.1) is 11.6 Å². The zero-order chi connectivity index (χ0) is 13.2. The first-order valence-electron chi connectivity index (χ1n) is 6.96. The van der Waals surface area contributed by atoms with Crippen molar-refractivity contribution in [1.82, 2.24) is 9.88 Å². The average molecular weight is 256 g/mol. The Balaban J connectivity index is 1.72. The van der Waals surface area contributed by atoms with Crippen LogP contribution in [0.4, 0.5) is 0 Å². The van der Waals surface area contributed by atoms with Gasteiger partial charge in [0, 0.05) is 24.7 Å². The summed E-state index contributed by atoms with van der Waals surface area (Å²) in [5, 5.41) is 10.8. The van der Waals surface area contributed by atoms with Crippen LogP contribution in [0.1, 0.15) is 18.9 Å². The minimum Gasteiger partial charge on any atom is -0.393 e. The Hall–Kier alpha value is -1.45. The lowest BCUT2D eigenvalue weighted by atomic mass is 10.0. The van der Waals surface area contributed by atoms with E-state index in [1.54, 1.807) is 0 Å². The molecule has 3 rings (SSSR count). The van der Waals surface area contributed by atoms with Crippen LogP contribution in [0.3, 0.4) is 0 Å². The third-order valence-electron chi connectivity index (χ3n) is 4.06. The number of hydrogen-bond acceptors (Lipinski definition) is 3. The van der Waals surface area contributed by atoms with Gasteiger partial charge in [0.1, 0.15) is 0 Å². The van der Waals surface area contributed by atoms with Gasteiger partial charge in [-0.3, -0.25) is 9.88 Å². The molecule has 0 bridgehead atoms. The quantitative estimate of drug-likeness (QED) is 0.916. The Morgan fingerprint density at radius 3 is 3.11 bits per heavy atom. The zero-order valence-corrected chi connectivity index (χ0v) is 11.3. The second kappa shape index (κ2) is 5.27. The topological polar surface area (TPSA) is 36.4 Å². The van der Waals surface area contributed by atoms with E-state index in [2.05, 4.69) is 34.1 Å². The van der Waals surface area contributed by atoms with Crippen LogP contribution in [0, 0.1) is 5.92 Å². The first-order valence-corrected chi connectivity index (χ1v) is 6.96. The van der Waals surface area contributed by atoms with E-state index in [-0.39, 0.29) is 6.10 Å². The van der Waals surface area contributed by atoms with Gasteiger partial charge in [-0.1, -0.05) is 12.1 Å². The van der Waals surface area contributed by atoms with Gasteiger partial charge in [0.25, 0.3) is 0 Å². The fourth-order valence-corrected chi connectivity index (χ4v) is 2.88. The number of likely N-dealkylation sites (tertiary alicyclic amines) is 1. The third-order valence-corrected chi connectivity index (χ3v) is 4.06. The van der Waals surface area contributed by atoms with E-state index >= 15 is 0 Å². The largest absolute Gasteiger partial charge is 0.393 e. The zero-order valence-electron chi connectivity index (χ0n) is 11.3. The molecule has 3 heteroatoms.